The SMILES string of the molecule is Cc1ccc(CNc2ncnc3ccc(Br)nc23)nn1. The summed E-state index contributed by atoms with van der Waals surface area (Å²) in [4.78, 5) is 12.8. The van der Waals surface area contributed by atoms with Crippen LogP contribution >= 0.6 is 15.9 Å². The molecule has 6 nitrogen and oxygen atoms in total. The van der Waals surface area contributed by atoms with Crippen molar-refractivity contribution in [3.63, 3.8) is 0 Å². The lowest BCUT2D eigenvalue weighted by Crippen LogP contribution is -2.06. The van der Waals surface area contributed by atoms with Crippen LogP contribution in [0.4, 0.5) is 5.82 Å². The number of anilines is 1. The number of nitrogens with one attached hydrogen (secondary N) is 1. The average Bonchev–Trinajstić information content (AvgIpc) is 2.47. The second-order valence-corrected chi connectivity index (χ2v) is 5.06. The van der Waals surface area contributed by atoms with Crippen LogP contribution in [0.25, 0.3) is 11.0 Å². The van der Waals surface area contributed by atoms with Crippen LogP contribution in [0.5, 0.6) is 0 Å². The number of rotatable bonds is 3. The molecule has 0 aliphatic rings. The Bertz CT molecular complexity index is 743. The van der Waals surface area contributed by atoms with Crippen molar-refractivity contribution in [2.75, 3.05) is 5.32 Å². The predicted molar refractivity (Wildman–Crippen MR) is 79.1 cm³/mol. The van der Waals surface area contributed by atoms with Crippen molar-refractivity contribution in [1.29, 1.82) is 0 Å². The van der Waals surface area contributed by atoms with Gasteiger partial charge in [-0.25, -0.2) is 15.0 Å². The maximum atomic E-state index is 4.40. The minimum atomic E-state index is 0.535. The van der Waals surface area contributed by atoms with Crippen LogP contribution in [-0.2, 0) is 6.54 Å². The lowest BCUT2D eigenvalue weighted by molar-refractivity contribution is 0.895. The third kappa shape index (κ3) is 2.72. The molecule has 0 amide bonds. The van der Waals surface area contributed by atoms with E-state index in [-0.39, 0.29) is 0 Å². The Hall–Kier alpha value is -2.15. The number of aryl methyl sites for hydroxylation is 1. The highest BCUT2D eigenvalue weighted by atomic mass is 79.9. The van der Waals surface area contributed by atoms with Crippen molar-refractivity contribution in [3.05, 3.63) is 46.6 Å². The molecule has 0 atom stereocenters. The van der Waals surface area contributed by atoms with E-state index in [2.05, 4.69) is 46.4 Å². The minimum absolute atomic E-state index is 0.535. The van der Waals surface area contributed by atoms with Crippen LogP contribution < -0.4 is 5.32 Å². The van der Waals surface area contributed by atoms with Gasteiger partial charge in [0.25, 0.3) is 0 Å². The van der Waals surface area contributed by atoms with Crippen LogP contribution in [0.1, 0.15) is 11.4 Å². The molecule has 0 spiro atoms. The monoisotopic (exact) mass is 330 g/mol. The molecular formula is C13H11BrN6. The molecule has 0 aliphatic carbocycles. The van der Waals surface area contributed by atoms with Gasteiger partial charge in [-0.1, -0.05) is 0 Å². The smallest absolute Gasteiger partial charge is 0.156 e. The molecule has 0 bridgehead atoms. The van der Waals surface area contributed by atoms with Crippen LogP contribution in [0, 0.1) is 6.92 Å². The Labute approximate surface area is 123 Å². The van der Waals surface area contributed by atoms with E-state index in [1.54, 1.807) is 0 Å². The van der Waals surface area contributed by atoms with Gasteiger partial charge in [0.05, 0.1) is 23.4 Å². The van der Waals surface area contributed by atoms with Gasteiger partial charge in [0.15, 0.2) is 5.82 Å². The second kappa shape index (κ2) is 5.46. The summed E-state index contributed by atoms with van der Waals surface area (Å²) in [7, 11) is 0. The maximum absolute atomic E-state index is 4.40. The highest BCUT2D eigenvalue weighted by Crippen LogP contribution is 2.19. The quantitative estimate of drug-likeness (QED) is 0.743. The highest BCUT2D eigenvalue weighted by Gasteiger charge is 2.06. The van der Waals surface area contributed by atoms with Crippen LogP contribution in [0.3, 0.4) is 0 Å². The summed E-state index contributed by atoms with van der Waals surface area (Å²) in [5.41, 5.74) is 3.26. The first-order valence-corrected chi connectivity index (χ1v) is 6.82. The molecule has 100 valence electrons. The molecule has 3 heterocycles. The van der Waals surface area contributed by atoms with E-state index in [9.17, 15) is 0 Å². The molecule has 0 unspecified atom stereocenters. The van der Waals surface area contributed by atoms with Gasteiger partial charge in [-0.2, -0.15) is 10.2 Å². The van der Waals surface area contributed by atoms with E-state index < -0.39 is 0 Å². The number of hydrogen-bond acceptors (Lipinski definition) is 6. The van der Waals surface area contributed by atoms with E-state index in [0.29, 0.717) is 12.4 Å². The Kier molecular flexibility index (Phi) is 3.51. The standard InChI is InChI=1S/C13H11BrN6/c1-8-2-3-9(20-19-8)6-15-13-12-10(16-7-17-13)4-5-11(14)18-12/h2-5,7H,6H2,1H3,(H,15,16,17). The van der Waals surface area contributed by atoms with E-state index >= 15 is 0 Å². The number of pyridine rings is 1. The molecule has 20 heavy (non-hydrogen) atoms. The fourth-order valence-corrected chi connectivity index (χ4v) is 2.05. The summed E-state index contributed by atoms with van der Waals surface area (Å²) in [6.07, 6.45) is 1.51. The molecule has 0 aliphatic heterocycles. The molecular weight excluding hydrogens is 320 g/mol. The van der Waals surface area contributed by atoms with Gasteiger partial charge in [0.1, 0.15) is 16.4 Å². The van der Waals surface area contributed by atoms with Crippen molar-refractivity contribution in [3.8, 4) is 0 Å². The topological polar surface area (TPSA) is 76.5 Å². The van der Waals surface area contributed by atoms with Crippen molar-refractivity contribution in [2.24, 2.45) is 0 Å². The Balaban J connectivity index is 1.87. The largest absolute Gasteiger partial charge is 0.362 e. The lowest BCUT2D eigenvalue weighted by atomic mass is 10.3. The number of hydrogen-bond donors (Lipinski definition) is 1. The predicted octanol–water partition coefficient (Wildman–Crippen LogP) is 2.50. The van der Waals surface area contributed by atoms with Gasteiger partial charge >= 0.3 is 0 Å². The van der Waals surface area contributed by atoms with E-state index in [4.69, 9.17) is 0 Å². The molecule has 0 saturated heterocycles. The number of nitrogens with zero attached hydrogens (tertiary/aromatic N) is 5. The Morgan fingerprint density at radius 2 is 2.00 bits per heavy atom. The van der Waals surface area contributed by atoms with E-state index in [0.717, 1.165) is 27.0 Å². The highest BCUT2D eigenvalue weighted by molar-refractivity contribution is 9.10. The first-order valence-electron chi connectivity index (χ1n) is 6.03. The zero-order valence-corrected chi connectivity index (χ0v) is 12.3. The third-order valence-corrected chi connectivity index (χ3v) is 3.18. The molecule has 3 aromatic heterocycles. The summed E-state index contributed by atoms with van der Waals surface area (Å²) in [6, 6.07) is 7.61. The number of halogens is 1. The fourth-order valence-electron chi connectivity index (χ4n) is 1.74. The summed E-state index contributed by atoms with van der Waals surface area (Å²) in [5.74, 6) is 0.679. The Morgan fingerprint density at radius 1 is 1.10 bits per heavy atom. The number of aromatic nitrogens is 5. The van der Waals surface area contributed by atoms with Gasteiger partial charge in [0, 0.05) is 0 Å². The zero-order chi connectivity index (χ0) is 13.9. The van der Waals surface area contributed by atoms with Crippen molar-refractivity contribution in [2.45, 2.75) is 13.5 Å². The van der Waals surface area contributed by atoms with Crippen LogP contribution in [0.15, 0.2) is 35.2 Å². The average molecular weight is 331 g/mol. The van der Waals surface area contributed by atoms with Gasteiger partial charge in [0.2, 0.25) is 0 Å². The molecule has 0 aromatic carbocycles. The zero-order valence-electron chi connectivity index (χ0n) is 10.7. The summed E-state index contributed by atoms with van der Waals surface area (Å²) >= 11 is 3.35. The molecule has 0 radical (unpaired) electrons. The summed E-state index contributed by atoms with van der Waals surface area (Å²) < 4.78 is 0.748. The molecule has 3 aromatic rings. The minimum Gasteiger partial charge on any atom is -0.362 e. The van der Waals surface area contributed by atoms with Crippen molar-refractivity contribution >= 4 is 32.8 Å². The van der Waals surface area contributed by atoms with Gasteiger partial charge in [-0.3, -0.25) is 0 Å². The molecule has 3 rings (SSSR count). The van der Waals surface area contributed by atoms with Gasteiger partial charge < -0.3 is 5.32 Å². The first-order chi connectivity index (χ1) is 9.72. The van der Waals surface area contributed by atoms with Gasteiger partial charge in [-0.15, -0.1) is 0 Å². The fraction of sp³-hybridized carbons (Fsp3) is 0.154. The molecule has 0 fully saturated rings. The van der Waals surface area contributed by atoms with E-state index in [1.807, 2.05) is 31.2 Å². The number of fused-ring (bicyclic) bond motifs is 1. The maximum Gasteiger partial charge on any atom is 0.156 e. The molecule has 0 saturated carbocycles. The van der Waals surface area contributed by atoms with Crippen molar-refractivity contribution in [1.82, 2.24) is 25.1 Å². The summed E-state index contributed by atoms with van der Waals surface area (Å²) in [5, 5.41) is 11.3. The lowest BCUT2D eigenvalue weighted by Gasteiger charge is -2.07. The van der Waals surface area contributed by atoms with Crippen molar-refractivity contribution < 1.29 is 0 Å². The molecule has 7 heteroatoms. The Morgan fingerprint density at radius 3 is 2.80 bits per heavy atom. The second-order valence-electron chi connectivity index (χ2n) is 4.24. The third-order valence-electron chi connectivity index (χ3n) is 2.74. The summed E-state index contributed by atoms with van der Waals surface area (Å²) in [6.45, 7) is 2.44. The van der Waals surface area contributed by atoms with E-state index in [1.165, 1.54) is 6.33 Å². The molecule has 1 N–H and O–H groups in total. The normalized spacial score (nSPS) is 10.7. The first kappa shape index (κ1) is 12.9. The van der Waals surface area contributed by atoms with Crippen LogP contribution in [-0.4, -0.2) is 25.1 Å². The van der Waals surface area contributed by atoms with Gasteiger partial charge in [-0.05, 0) is 47.1 Å². The van der Waals surface area contributed by atoms with Crippen LogP contribution in [0.2, 0.25) is 0 Å².